The summed E-state index contributed by atoms with van der Waals surface area (Å²) in [6, 6.07) is 0. The van der Waals surface area contributed by atoms with E-state index in [1.165, 1.54) is 30.4 Å². The van der Waals surface area contributed by atoms with Crippen molar-refractivity contribution in [2.75, 3.05) is 0 Å². The molecule has 5 rings (SSSR count). The van der Waals surface area contributed by atoms with E-state index in [-0.39, 0.29) is 16.9 Å². The SMILES string of the molecule is C=C1CCC2C3C(CC[C@]12C)[C@@]1(C)Cc2conc2CC1C[C@@H]3O. The Morgan fingerprint density at radius 2 is 2.12 bits per heavy atom. The summed E-state index contributed by atoms with van der Waals surface area (Å²) in [5, 5.41) is 15.3. The van der Waals surface area contributed by atoms with Gasteiger partial charge >= 0.3 is 0 Å². The molecule has 0 aromatic carbocycles. The quantitative estimate of drug-likeness (QED) is 0.728. The number of fused-ring (bicyclic) bond motifs is 6. The molecule has 1 aromatic rings. The first kappa shape index (κ1) is 15.2. The number of aliphatic hydroxyl groups excluding tert-OH is 1. The van der Waals surface area contributed by atoms with Gasteiger partial charge in [0.25, 0.3) is 0 Å². The summed E-state index contributed by atoms with van der Waals surface area (Å²) in [5.41, 5.74) is 4.44. The highest BCUT2D eigenvalue weighted by Gasteiger charge is 2.61. The first-order chi connectivity index (χ1) is 11.4. The predicted octanol–water partition coefficient (Wildman–Crippen LogP) is 4.16. The van der Waals surface area contributed by atoms with Crippen LogP contribution in [0.4, 0.5) is 0 Å². The fraction of sp³-hybridized carbons (Fsp3) is 0.762. The van der Waals surface area contributed by atoms with E-state index in [1.807, 2.05) is 6.26 Å². The first-order valence-corrected chi connectivity index (χ1v) is 9.72. The average Bonchev–Trinajstić information content (AvgIpc) is 3.10. The Balaban J connectivity index is 1.55. The molecule has 24 heavy (non-hydrogen) atoms. The van der Waals surface area contributed by atoms with Gasteiger partial charge in [-0.3, -0.25) is 0 Å². The van der Waals surface area contributed by atoms with Gasteiger partial charge in [0.05, 0.1) is 11.8 Å². The van der Waals surface area contributed by atoms with E-state index in [9.17, 15) is 5.11 Å². The maximum absolute atomic E-state index is 11.1. The summed E-state index contributed by atoms with van der Waals surface area (Å²) in [6.45, 7) is 9.30. The molecule has 4 unspecified atom stereocenters. The zero-order valence-electron chi connectivity index (χ0n) is 14.9. The highest BCUT2D eigenvalue weighted by Crippen LogP contribution is 2.66. The van der Waals surface area contributed by atoms with Crippen molar-refractivity contribution in [2.24, 2.45) is 34.5 Å². The van der Waals surface area contributed by atoms with Gasteiger partial charge < -0.3 is 9.63 Å². The van der Waals surface area contributed by atoms with Crippen molar-refractivity contribution < 1.29 is 9.63 Å². The van der Waals surface area contributed by atoms with Crippen molar-refractivity contribution in [3.8, 4) is 0 Å². The second-order valence-electron chi connectivity index (χ2n) is 9.56. The van der Waals surface area contributed by atoms with Crippen LogP contribution < -0.4 is 0 Å². The highest BCUT2D eigenvalue weighted by atomic mass is 16.5. The predicted molar refractivity (Wildman–Crippen MR) is 92.3 cm³/mol. The fourth-order valence-corrected chi connectivity index (χ4v) is 7.26. The number of aromatic nitrogens is 1. The van der Waals surface area contributed by atoms with Crippen LogP contribution in [0.3, 0.4) is 0 Å². The highest BCUT2D eigenvalue weighted by molar-refractivity contribution is 5.27. The van der Waals surface area contributed by atoms with Crippen molar-refractivity contribution in [3.05, 3.63) is 29.7 Å². The standard InChI is InChI=1S/C21H29NO2/c1-12-4-5-15-19-16(6-7-20(12,15)2)21(3)10-13-11-24-22-17(13)8-14(21)9-18(19)23/h11,14-16,18-19,23H,1,4-10H2,2-3H3/t14?,15?,16?,18-,19?,20+,21-/m0/s1. The Bertz CT molecular complexity index is 694. The van der Waals surface area contributed by atoms with E-state index in [1.54, 1.807) is 0 Å². The van der Waals surface area contributed by atoms with Gasteiger partial charge in [0.15, 0.2) is 0 Å². The van der Waals surface area contributed by atoms with E-state index >= 15 is 0 Å². The van der Waals surface area contributed by atoms with Crippen LogP contribution in [0.25, 0.3) is 0 Å². The van der Waals surface area contributed by atoms with Gasteiger partial charge in [0.2, 0.25) is 0 Å². The van der Waals surface area contributed by atoms with Crippen LogP contribution in [-0.4, -0.2) is 16.4 Å². The van der Waals surface area contributed by atoms with Crippen molar-refractivity contribution in [1.82, 2.24) is 5.16 Å². The van der Waals surface area contributed by atoms with Crippen molar-refractivity contribution in [3.63, 3.8) is 0 Å². The molecule has 4 aliphatic rings. The Morgan fingerprint density at radius 3 is 2.96 bits per heavy atom. The molecule has 7 atom stereocenters. The molecule has 3 heteroatoms. The number of hydrogen-bond acceptors (Lipinski definition) is 3. The second kappa shape index (κ2) is 4.75. The Labute approximate surface area is 144 Å². The van der Waals surface area contributed by atoms with Gasteiger partial charge in [0.1, 0.15) is 6.26 Å². The van der Waals surface area contributed by atoms with Gasteiger partial charge in [-0.15, -0.1) is 0 Å². The lowest BCUT2D eigenvalue weighted by Gasteiger charge is -2.61. The lowest BCUT2D eigenvalue weighted by Crippen LogP contribution is -2.58. The minimum atomic E-state index is -0.156. The average molecular weight is 327 g/mol. The van der Waals surface area contributed by atoms with E-state index in [4.69, 9.17) is 4.52 Å². The molecule has 0 amide bonds. The van der Waals surface area contributed by atoms with E-state index in [0.717, 1.165) is 31.4 Å². The third-order valence-electron chi connectivity index (χ3n) is 8.78. The zero-order chi connectivity index (χ0) is 16.7. The van der Waals surface area contributed by atoms with Crippen molar-refractivity contribution >= 4 is 0 Å². The molecule has 0 aliphatic heterocycles. The monoisotopic (exact) mass is 327 g/mol. The summed E-state index contributed by atoms with van der Waals surface area (Å²) in [7, 11) is 0. The molecule has 1 N–H and O–H groups in total. The maximum Gasteiger partial charge on any atom is 0.127 e. The smallest absolute Gasteiger partial charge is 0.127 e. The van der Waals surface area contributed by atoms with Crippen molar-refractivity contribution in [2.45, 2.75) is 64.9 Å². The van der Waals surface area contributed by atoms with E-state index < -0.39 is 0 Å². The van der Waals surface area contributed by atoms with Crippen molar-refractivity contribution in [1.29, 1.82) is 0 Å². The molecular formula is C21H29NO2. The summed E-state index contributed by atoms with van der Waals surface area (Å²) in [6.07, 6.45) is 9.58. The van der Waals surface area contributed by atoms with Gasteiger partial charge in [-0.05, 0) is 79.4 Å². The molecule has 3 fully saturated rings. The summed E-state index contributed by atoms with van der Waals surface area (Å²) < 4.78 is 5.26. The molecule has 3 nitrogen and oxygen atoms in total. The molecular weight excluding hydrogens is 298 g/mol. The summed E-state index contributed by atoms with van der Waals surface area (Å²) in [5.74, 6) is 2.24. The third-order valence-corrected chi connectivity index (χ3v) is 8.78. The Kier molecular flexibility index (Phi) is 3.01. The number of allylic oxidation sites excluding steroid dienone is 1. The first-order valence-electron chi connectivity index (χ1n) is 9.72. The molecule has 130 valence electrons. The zero-order valence-corrected chi connectivity index (χ0v) is 14.9. The lowest BCUT2D eigenvalue weighted by atomic mass is 9.44. The molecule has 4 aliphatic carbocycles. The lowest BCUT2D eigenvalue weighted by molar-refractivity contribution is -0.144. The minimum Gasteiger partial charge on any atom is -0.393 e. The Morgan fingerprint density at radius 1 is 1.29 bits per heavy atom. The van der Waals surface area contributed by atoms with Gasteiger partial charge in [-0.25, -0.2) is 0 Å². The van der Waals surface area contributed by atoms with Crippen LogP contribution in [-0.2, 0) is 12.8 Å². The van der Waals surface area contributed by atoms with E-state index in [0.29, 0.717) is 23.7 Å². The van der Waals surface area contributed by atoms with Crippen LogP contribution in [0.5, 0.6) is 0 Å². The maximum atomic E-state index is 11.1. The minimum absolute atomic E-state index is 0.156. The third kappa shape index (κ3) is 1.75. The second-order valence-corrected chi connectivity index (χ2v) is 9.56. The van der Waals surface area contributed by atoms with Crippen LogP contribution in [0.2, 0.25) is 0 Å². The fourth-order valence-electron chi connectivity index (χ4n) is 7.26. The Hall–Kier alpha value is -1.09. The summed E-state index contributed by atoms with van der Waals surface area (Å²) >= 11 is 0. The number of hydrogen-bond donors (Lipinski definition) is 1. The molecule has 1 aromatic heterocycles. The number of nitrogens with zero attached hydrogens (tertiary/aromatic N) is 1. The molecule has 0 spiro atoms. The molecule has 0 saturated heterocycles. The van der Waals surface area contributed by atoms with Gasteiger partial charge in [-0.1, -0.05) is 31.2 Å². The van der Waals surface area contributed by atoms with Crippen LogP contribution in [0.1, 0.15) is 57.2 Å². The molecule has 3 saturated carbocycles. The van der Waals surface area contributed by atoms with Crippen LogP contribution in [0.15, 0.2) is 22.9 Å². The topological polar surface area (TPSA) is 46.3 Å². The molecule has 1 heterocycles. The number of rotatable bonds is 0. The van der Waals surface area contributed by atoms with Gasteiger partial charge in [-0.2, -0.15) is 0 Å². The van der Waals surface area contributed by atoms with Crippen LogP contribution >= 0.6 is 0 Å². The number of aliphatic hydroxyl groups is 1. The van der Waals surface area contributed by atoms with Gasteiger partial charge in [0, 0.05) is 5.56 Å². The summed E-state index contributed by atoms with van der Waals surface area (Å²) in [4.78, 5) is 0. The van der Waals surface area contributed by atoms with Crippen LogP contribution in [0, 0.1) is 34.5 Å². The molecule has 0 radical (unpaired) electrons. The van der Waals surface area contributed by atoms with E-state index in [2.05, 4.69) is 25.6 Å². The normalized spacial score (nSPS) is 50.0. The largest absolute Gasteiger partial charge is 0.393 e. The molecule has 0 bridgehead atoms.